The molecule has 1 aromatic heterocycles. The summed E-state index contributed by atoms with van der Waals surface area (Å²) in [6, 6.07) is 13.2. The molecular weight excluding hydrogens is 372 g/mol. The number of amides is 2. The number of aromatic nitrogens is 2. The van der Waals surface area contributed by atoms with Crippen LogP contribution in [-0.2, 0) is 16.1 Å². The number of aryl methyl sites for hydroxylation is 1. The second kappa shape index (κ2) is 8.71. The number of terminal acetylenes is 1. The van der Waals surface area contributed by atoms with Gasteiger partial charge in [-0.3, -0.25) is 24.3 Å². The fourth-order valence-corrected chi connectivity index (χ4v) is 2.78. The SMILES string of the molecule is C#Cc1cccc(NC(=O)CNC(=O)CCn2[nH]c(=O)c3ccccc3c2=O)c1. The van der Waals surface area contributed by atoms with Gasteiger partial charge in [-0.1, -0.05) is 24.1 Å². The van der Waals surface area contributed by atoms with Crippen LogP contribution in [0.2, 0.25) is 0 Å². The molecule has 2 amide bonds. The van der Waals surface area contributed by atoms with Crippen molar-refractivity contribution in [2.45, 2.75) is 13.0 Å². The summed E-state index contributed by atoms with van der Waals surface area (Å²) in [5, 5.41) is 8.14. The first-order valence-corrected chi connectivity index (χ1v) is 8.83. The predicted octanol–water partition coefficient (Wildman–Crippen LogP) is 0.816. The normalized spacial score (nSPS) is 10.3. The molecule has 1 heterocycles. The Morgan fingerprint density at radius 3 is 2.55 bits per heavy atom. The molecule has 0 radical (unpaired) electrons. The van der Waals surface area contributed by atoms with E-state index >= 15 is 0 Å². The number of nitrogens with one attached hydrogen (secondary N) is 3. The molecular formula is C21H18N4O4. The number of fused-ring (bicyclic) bond motifs is 1. The van der Waals surface area contributed by atoms with Crippen molar-refractivity contribution in [2.75, 3.05) is 11.9 Å². The molecule has 0 bridgehead atoms. The first-order valence-electron chi connectivity index (χ1n) is 8.83. The van der Waals surface area contributed by atoms with Crippen molar-refractivity contribution in [2.24, 2.45) is 0 Å². The monoisotopic (exact) mass is 390 g/mol. The fourth-order valence-electron chi connectivity index (χ4n) is 2.78. The van der Waals surface area contributed by atoms with E-state index in [-0.39, 0.29) is 30.5 Å². The second-order valence-electron chi connectivity index (χ2n) is 6.24. The molecule has 0 unspecified atom stereocenters. The van der Waals surface area contributed by atoms with Gasteiger partial charge in [-0.25, -0.2) is 4.68 Å². The molecule has 0 spiro atoms. The Balaban J connectivity index is 1.55. The smallest absolute Gasteiger partial charge is 0.273 e. The van der Waals surface area contributed by atoms with Crippen LogP contribution in [-0.4, -0.2) is 28.1 Å². The summed E-state index contributed by atoms with van der Waals surface area (Å²) in [6.07, 6.45) is 5.24. The summed E-state index contributed by atoms with van der Waals surface area (Å²) in [5.74, 6) is 1.62. The molecule has 0 aliphatic carbocycles. The van der Waals surface area contributed by atoms with Crippen LogP contribution < -0.4 is 21.8 Å². The Bertz CT molecular complexity index is 1230. The maximum absolute atomic E-state index is 12.4. The minimum atomic E-state index is -0.432. The van der Waals surface area contributed by atoms with E-state index in [9.17, 15) is 19.2 Å². The van der Waals surface area contributed by atoms with E-state index in [1.807, 2.05) is 0 Å². The lowest BCUT2D eigenvalue weighted by molar-refractivity contribution is -0.124. The Hall–Kier alpha value is -4.12. The van der Waals surface area contributed by atoms with E-state index in [1.165, 1.54) is 0 Å². The molecule has 3 aromatic rings. The number of carbonyl (C=O) groups is 2. The highest BCUT2D eigenvalue weighted by Crippen LogP contribution is 2.09. The minimum absolute atomic E-state index is 0.0173. The third-order valence-corrected chi connectivity index (χ3v) is 4.21. The topological polar surface area (TPSA) is 113 Å². The standard InChI is InChI=1S/C21H18N4O4/c1-2-14-6-5-7-15(12-14)23-19(27)13-22-18(26)10-11-25-21(29)17-9-4-3-8-16(17)20(28)24-25/h1,3-9,12H,10-11,13H2,(H,22,26)(H,23,27)(H,24,28). The molecule has 146 valence electrons. The first kappa shape index (κ1) is 19.6. The van der Waals surface area contributed by atoms with Gasteiger partial charge in [0.25, 0.3) is 11.1 Å². The highest BCUT2D eigenvalue weighted by atomic mass is 16.2. The van der Waals surface area contributed by atoms with Gasteiger partial charge >= 0.3 is 0 Å². The molecule has 8 nitrogen and oxygen atoms in total. The van der Waals surface area contributed by atoms with Gasteiger partial charge in [0.15, 0.2) is 0 Å². The van der Waals surface area contributed by atoms with Gasteiger partial charge in [0, 0.05) is 17.7 Å². The largest absolute Gasteiger partial charge is 0.347 e. The Kier molecular flexibility index (Phi) is 5.90. The van der Waals surface area contributed by atoms with Gasteiger partial charge in [-0.15, -0.1) is 6.42 Å². The van der Waals surface area contributed by atoms with Crippen LogP contribution in [0.5, 0.6) is 0 Å². The average molecular weight is 390 g/mol. The van der Waals surface area contributed by atoms with Crippen LogP contribution in [0.15, 0.2) is 58.1 Å². The van der Waals surface area contributed by atoms with Crippen molar-refractivity contribution < 1.29 is 9.59 Å². The van der Waals surface area contributed by atoms with Gasteiger partial charge in [-0.05, 0) is 30.3 Å². The van der Waals surface area contributed by atoms with Gasteiger partial charge in [0.05, 0.1) is 23.9 Å². The molecule has 29 heavy (non-hydrogen) atoms. The van der Waals surface area contributed by atoms with Crippen molar-refractivity contribution in [3.8, 4) is 12.3 Å². The second-order valence-corrected chi connectivity index (χ2v) is 6.24. The number of hydrogen-bond acceptors (Lipinski definition) is 4. The van der Waals surface area contributed by atoms with Gasteiger partial charge in [0.1, 0.15) is 0 Å². The Labute approximate surface area is 165 Å². The Morgan fingerprint density at radius 1 is 1.03 bits per heavy atom. The molecule has 0 aliphatic heterocycles. The van der Waals surface area contributed by atoms with Crippen molar-refractivity contribution in [1.82, 2.24) is 15.1 Å². The van der Waals surface area contributed by atoms with Gasteiger partial charge in [0.2, 0.25) is 11.8 Å². The lowest BCUT2D eigenvalue weighted by Crippen LogP contribution is -2.35. The van der Waals surface area contributed by atoms with E-state index < -0.39 is 17.4 Å². The molecule has 2 aromatic carbocycles. The van der Waals surface area contributed by atoms with Crippen molar-refractivity contribution in [3.63, 3.8) is 0 Å². The zero-order valence-electron chi connectivity index (χ0n) is 15.4. The summed E-state index contributed by atoms with van der Waals surface area (Å²) >= 11 is 0. The van der Waals surface area contributed by atoms with Gasteiger partial charge < -0.3 is 10.6 Å². The summed E-state index contributed by atoms with van der Waals surface area (Å²) in [4.78, 5) is 48.4. The molecule has 0 atom stereocenters. The zero-order chi connectivity index (χ0) is 20.8. The van der Waals surface area contributed by atoms with E-state index in [2.05, 4.69) is 21.7 Å². The molecule has 3 rings (SSSR count). The van der Waals surface area contributed by atoms with E-state index in [1.54, 1.807) is 48.5 Å². The van der Waals surface area contributed by atoms with Crippen LogP contribution in [0, 0.1) is 12.3 Å². The summed E-state index contributed by atoms with van der Waals surface area (Å²) < 4.78 is 1.09. The van der Waals surface area contributed by atoms with Crippen molar-refractivity contribution >= 4 is 28.3 Å². The number of nitrogens with zero attached hydrogens (tertiary/aromatic N) is 1. The molecule has 8 heteroatoms. The average Bonchev–Trinajstić information content (AvgIpc) is 2.74. The molecule has 0 fully saturated rings. The number of hydrogen-bond donors (Lipinski definition) is 3. The fraction of sp³-hybridized carbons (Fsp3) is 0.143. The summed E-state index contributed by atoms with van der Waals surface area (Å²) in [5.41, 5.74) is 0.356. The lowest BCUT2D eigenvalue weighted by atomic mass is 10.2. The molecule has 0 saturated carbocycles. The van der Waals surface area contributed by atoms with Crippen LogP contribution in [0.4, 0.5) is 5.69 Å². The summed E-state index contributed by atoms with van der Waals surface area (Å²) in [6.45, 7) is -0.251. The van der Waals surface area contributed by atoms with Crippen molar-refractivity contribution in [3.05, 3.63) is 74.8 Å². The number of rotatable bonds is 6. The van der Waals surface area contributed by atoms with Gasteiger partial charge in [-0.2, -0.15) is 0 Å². The first-order chi connectivity index (χ1) is 14.0. The molecule has 0 aliphatic rings. The van der Waals surface area contributed by atoms with Crippen LogP contribution in [0.25, 0.3) is 10.8 Å². The highest BCUT2D eigenvalue weighted by Gasteiger charge is 2.10. The van der Waals surface area contributed by atoms with Crippen LogP contribution >= 0.6 is 0 Å². The Morgan fingerprint density at radius 2 is 1.79 bits per heavy atom. The molecule has 0 saturated heterocycles. The lowest BCUT2D eigenvalue weighted by Gasteiger charge is -2.09. The quantitative estimate of drug-likeness (QED) is 0.541. The van der Waals surface area contributed by atoms with E-state index in [0.29, 0.717) is 16.6 Å². The zero-order valence-corrected chi connectivity index (χ0v) is 15.4. The van der Waals surface area contributed by atoms with Crippen LogP contribution in [0.1, 0.15) is 12.0 Å². The maximum atomic E-state index is 12.4. The maximum Gasteiger partial charge on any atom is 0.273 e. The number of benzene rings is 2. The highest BCUT2D eigenvalue weighted by molar-refractivity contribution is 5.94. The van der Waals surface area contributed by atoms with E-state index in [4.69, 9.17) is 6.42 Å². The van der Waals surface area contributed by atoms with Crippen molar-refractivity contribution in [1.29, 1.82) is 0 Å². The number of aromatic amines is 1. The minimum Gasteiger partial charge on any atom is -0.347 e. The number of H-pyrrole nitrogens is 1. The third-order valence-electron chi connectivity index (χ3n) is 4.21. The van der Waals surface area contributed by atoms with Crippen LogP contribution in [0.3, 0.4) is 0 Å². The molecule has 3 N–H and O–H groups in total. The number of carbonyl (C=O) groups excluding carboxylic acids is 2. The summed E-state index contributed by atoms with van der Waals surface area (Å²) in [7, 11) is 0. The predicted molar refractivity (Wildman–Crippen MR) is 109 cm³/mol. The number of anilines is 1. The van der Waals surface area contributed by atoms with E-state index in [0.717, 1.165) is 4.68 Å². The third kappa shape index (κ3) is 4.78.